The van der Waals surface area contributed by atoms with Crippen molar-refractivity contribution in [3.8, 4) is 0 Å². The van der Waals surface area contributed by atoms with E-state index in [0.717, 1.165) is 30.3 Å². The predicted octanol–water partition coefficient (Wildman–Crippen LogP) is 3.70. The van der Waals surface area contributed by atoms with Crippen molar-refractivity contribution in [1.29, 1.82) is 0 Å². The molecule has 3 rings (SSSR count). The van der Waals surface area contributed by atoms with Gasteiger partial charge in [0.25, 0.3) is 0 Å². The van der Waals surface area contributed by atoms with Gasteiger partial charge >= 0.3 is 0 Å². The van der Waals surface area contributed by atoms with Gasteiger partial charge in [-0.1, -0.05) is 39.0 Å². The fraction of sp³-hybridized carbons (Fsp3) is 0.529. The first kappa shape index (κ1) is 14.1. The number of anilines is 1. The Morgan fingerprint density at radius 1 is 1.38 bits per heavy atom. The monoisotopic (exact) mass is 284 g/mol. The van der Waals surface area contributed by atoms with Crippen LogP contribution in [0.4, 0.5) is 5.82 Å². The van der Waals surface area contributed by atoms with Crippen LogP contribution in [0.15, 0.2) is 30.4 Å². The molecule has 1 aliphatic rings. The Kier molecular flexibility index (Phi) is 3.47. The number of aromatic nitrogens is 3. The molecule has 2 aromatic heterocycles. The van der Waals surface area contributed by atoms with Crippen molar-refractivity contribution in [2.24, 2.45) is 11.3 Å². The van der Waals surface area contributed by atoms with Crippen LogP contribution in [0.2, 0.25) is 0 Å². The van der Waals surface area contributed by atoms with Crippen molar-refractivity contribution in [2.45, 2.75) is 40.0 Å². The van der Waals surface area contributed by atoms with Crippen LogP contribution < -0.4 is 5.32 Å². The summed E-state index contributed by atoms with van der Waals surface area (Å²) in [6.45, 7) is 11.7. The van der Waals surface area contributed by atoms with E-state index in [1.54, 1.807) is 0 Å². The van der Waals surface area contributed by atoms with E-state index in [-0.39, 0.29) is 5.41 Å². The number of fused-ring (bicyclic) bond motifs is 1. The van der Waals surface area contributed by atoms with Gasteiger partial charge in [0.1, 0.15) is 5.82 Å². The molecule has 1 fully saturated rings. The molecule has 1 saturated carbocycles. The van der Waals surface area contributed by atoms with Crippen LogP contribution in [0.25, 0.3) is 5.65 Å². The van der Waals surface area contributed by atoms with Gasteiger partial charge < -0.3 is 5.32 Å². The van der Waals surface area contributed by atoms with Crippen LogP contribution in [0, 0.1) is 11.3 Å². The lowest BCUT2D eigenvalue weighted by Crippen LogP contribution is -2.20. The van der Waals surface area contributed by atoms with Crippen molar-refractivity contribution in [1.82, 2.24) is 14.6 Å². The Labute approximate surface area is 126 Å². The van der Waals surface area contributed by atoms with Gasteiger partial charge in [-0.05, 0) is 36.3 Å². The van der Waals surface area contributed by atoms with E-state index in [4.69, 9.17) is 0 Å². The largest absolute Gasteiger partial charge is 0.369 e. The molecule has 21 heavy (non-hydrogen) atoms. The molecule has 2 aromatic rings. The number of hydrogen-bond donors (Lipinski definition) is 1. The van der Waals surface area contributed by atoms with Crippen LogP contribution in [-0.4, -0.2) is 21.1 Å². The van der Waals surface area contributed by atoms with E-state index >= 15 is 0 Å². The number of pyridine rings is 1. The lowest BCUT2D eigenvalue weighted by molar-refractivity contribution is 0.442. The highest BCUT2D eigenvalue weighted by molar-refractivity contribution is 5.49. The molecular formula is C17H24N4. The Morgan fingerprint density at radius 3 is 2.81 bits per heavy atom. The molecular weight excluding hydrogens is 260 g/mol. The molecule has 0 aromatic carbocycles. The van der Waals surface area contributed by atoms with Crippen LogP contribution in [0.5, 0.6) is 0 Å². The number of rotatable bonds is 5. The van der Waals surface area contributed by atoms with E-state index < -0.39 is 0 Å². The van der Waals surface area contributed by atoms with Crippen LogP contribution in [0.1, 0.15) is 39.4 Å². The normalized spacial score (nSPS) is 15.4. The molecule has 0 aliphatic heterocycles. The molecule has 4 nitrogen and oxygen atoms in total. The molecule has 112 valence electrons. The highest BCUT2D eigenvalue weighted by Gasteiger charge is 2.25. The zero-order valence-corrected chi connectivity index (χ0v) is 13.2. The summed E-state index contributed by atoms with van der Waals surface area (Å²) in [7, 11) is 0. The Morgan fingerprint density at radius 2 is 2.14 bits per heavy atom. The maximum atomic E-state index is 4.65. The minimum Gasteiger partial charge on any atom is -0.369 e. The van der Waals surface area contributed by atoms with E-state index in [2.05, 4.69) is 42.7 Å². The summed E-state index contributed by atoms with van der Waals surface area (Å²) in [5.74, 6) is 2.57. The van der Waals surface area contributed by atoms with Crippen LogP contribution in [-0.2, 0) is 6.42 Å². The molecule has 0 spiro atoms. The number of hydrogen-bond acceptors (Lipinski definition) is 3. The zero-order valence-electron chi connectivity index (χ0n) is 13.2. The van der Waals surface area contributed by atoms with Gasteiger partial charge in [-0.15, -0.1) is 5.10 Å². The van der Waals surface area contributed by atoms with Gasteiger partial charge in [0, 0.05) is 13.0 Å². The van der Waals surface area contributed by atoms with Crippen LogP contribution >= 0.6 is 0 Å². The third-order valence-electron chi connectivity index (χ3n) is 3.74. The third kappa shape index (κ3) is 3.43. The highest BCUT2D eigenvalue weighted by Crippen LogP contribution is 2.36. The van der Waals surface area contributed by atoms with Gasteiger partial charge in [0.15, 0.2) is 11.5 Å². The lowest BCUT2D eigenvalue weighted by atomic mass is 9.97. The minimum atomic E-state index is 0.228. The molecule has 0 bridgehead atoms. The van der Waals surface area contributed by atoms with Gasteiger partial charge in [0.2, 0.25) is 0 Å². The van der Waals surface area contributed by atoms with Gasteiger partial charge in [-0.25, -0.2) is 4.98 Å². The summed E-state index contributed by atoms with van der Waals surface area (Å²) >= 11 is 0. The Hall–Kier alpha value is -1.84. The molecule has 1 N–H and O–H groups in total. The van der Waals surface area contributed by atoms with Crippen molar-refractivity contribution in [2.75, 3.05) is 11.9 Å². The lowest BCUT2D eigenvalue weighted by Gasteiger charge is -2.19. The summed E-state index contributed by atoms with van der Waals surface area (Å²) in [5, 5.41) is 8.11. The molecule has 2 heterocycles. The first-order valence-corrected chi connectivity index (χ1v) is 7.68. The van der Waals surface area contributed by atoms with E-state index in [1.807, 2.05) is 22.7 Å². The average Bonchev–Trinajstić information content (AvgIpc) is 3.16. The van der Waals surface area contributed by atoms with E-state index in [0.29, 0.717) is 5.92 Å². The molecule has 0 atom stereocenters. The standard InChI is InChI=1S/C17H24N4/c1-12(13-8-9-13)10-14-19-16-7-5-6-15(21(16)20-14)18-11-17(2,3)4/h5-7,13,18H,1,8-11H2,2-4H3. The molecule has 4 heteroatoms. The fourth-order valence-electron chi connectivity index (χ4n) is 2.35. The number of nitrogens with zero attached hydrogens (tertiary/aromatic N) is 3. The predicted molar refractivity (Wildman–Crippen MR) is 86.5 cm³/mol. The summed E-state index contributed by atoms with van der Waals surface area (Å²) in [6, 6.07) is 6.07. The molecule has 0 amide bonds. The average molecular weight is 284 g/mol. The van der Waals surface area contributed by atoms with E-state index in [9.17, 15) is 0 Å². The quantitative estimate of drug-likeness (QED) is 0.851. The Balaban J connectivity index is 1.81. The van der Waals surface area contributed by atoms with Crippen molar-refractivity contribution in [3.63, 3.8) is 0 Å². The van der Waals surface area contributed by atoms with Crippen molar-refractivity contribution in [3.05, 3.63) is 36.2 Å². The third-order valence-corrected chi connectivity index (χ3v) is 3.74. The van der Waals surface area contributed by atoms with Crippen molar-refractivity contribution < 1.29 is 0 Å². The van der Waals surface area contributed by atoms with Gasteiger partial charge in [-0.3, -0.25) is 0 Å². The molecule has 0 radical (unpaired) electrons. The second-order valence-electron chi connectivity index (χ2n) is 7.23. The van der Waals surface area contributed by atoms with E-state index in [1.165, 1.54) is 18.4 Å². The minimum absolute atomic E-state index is 0.228. The smallest absolute Gasteiger partial charge is 0.158 e. The van der Waals surface area contributed by atoms with Gasteiger partial charge in [0.05, 0.1) is 0 Å². The summed E-state index contributed by atoms with van der Waals surface area (Å²) in [5.41, 5.74) is 2.40. The van der Waals surface area contributed by atoms with Crippen LogP contribution in [0.3, 0.4) is 0 Å². The maximum absolute atomic E-state index is 4.65. The maximum Gasteiger partial charge on any atom is 0.158 e. The SMILES string of the molecule is C=C(Cc1nc2cccc(NCC(C)(C)C)n2n1)C1CC1. The second-order valence-corrected chi connectivity index (χ2v) is 7.23. The molecule has 0 saturated heterocycles. The summed E-state index contributed by atoms with van der Waals surface area (Å²) in [6.07, 6.45) is 3.36. The first-order chi connectivity index (χ1) is 9.92. The zero-order chi connectivity index (χ0) is 15.0. The Bertz CT molecular complexity index is 659. The number of allylic oxidation sites excluding steroid dienone is 1. The molecule has 1 aliphatic carbocycles. The summed E-state index contributed by atoms with van der Waals surface area (Å²) in [4.78, 5) is 4.62. The number of nitrogens with one attached hydrogen (secondary N) is 1. The second kappa shape index (κ2) is 5.17. The highest BCUT2D eigenvalue weighted by atomic mass is 15.3. The fourth-order valence-corrected chi connectivity index (χ4v) is 2.35. The van der Waals surface area contributed by atoms with Gasteiger partial charge in [-0.2, -0.15) is 4.52 Å². The van der Waals surface area contributed by atoms with Crippen molar-refractivity contribution >= 4 is 11.5 Å². The first-order valence-electron chi connectivity index (χ1n) is 7.68. The molecule has 0 unspecified atom stereocenters. The topological polar surface area (TPSA) is 42.2 Å². The summed E-state index contributed by atoms with van der Waals surface area (Å²) < 4.78 is 1.90.